The Morgan fingerprint density at radius 1 is 1.25 bits per heavy atom. The molecule has 1 aromatic rings. The predicted octanol–water partition coefficient (Wildman–Crippen LogP) is 2.08. The minimum Gasteiger partial charge on any atom is -0.344 e. The summed E-state index contributed by atoms with van der Waals surface area (Å²) in [5.41, 5.74) is 2.03. The number of aromatic nitrogens is 1. The van der Waals surface area contributed by atoms with Crippen LogP contribution in [0, 0.1) is 6.92 Å². The maximum atomic E-state index is 13.0. The first-order chi connectivity index (χ1) is 9.64. The van der Waals surface area contributed by atoms with Crippen molar-refractivity contribution in [2.24, 2.45) is 7.05 Å². The molecule has 1 aliphatic heterocycles. The van der Waals surface area contributed by atoms with Crippen LogP contribution < -0.4 is 5.32 Å². The molecule has 0 aromatic carbocycles. The summed E-state index contributed by atoms with van der Waals surface area (Å²) in [6.45, 7) is 4.76. The molecule has 1 saturated heterocycles. The van der Waals surface area contributed by atoms with E-state index in [2.05, 4.69) is 10.2 Å². The summed E-state index contributed by atoms with van der Waals surface area (Å²) >= 11 is 0. The number of aryl methyl sites for hydroxylation is 1. The van der Waals surface area contributed by atoms with E-state index in [0.29, 0.717) is 0 Å². The molecule has 2 aliphatic rings. The third kappa shape index (κ3) is 2.16. The second-order valence-corrected chi connectivity index (χ2v) is 6.34. The number of amides is 1. The van der Waals surface area contributed by atoms with Crippen molar-refractivity contribution in [2.75, 3.05) is 19.6 Å². The maximum Gasteiger partial charge on any atom is 0.271 e. The molecule has 1 amide bonds. The van der Waals surface area contributed by atoms with Gasteiger partial charge in [-0.3, -0.25) is 4.79 Å². The van der Waals surface area contributed by atoms with Crippen molar-refractivity contribution in [2.45, 2.75) is 44.6 Å². The van der Waals surface area contributed by atoms with Crippen LogP contribution in [0.3, 0.4) is 0 Å². The van der Waals surface area contributed by atoms with E-state index in [1.165, 1.54) is 19.3 Å². The zero-order valence-electron chi connectivity index (χ0n) is 12.6. The van der Waals surface area contributed by atoms with E-state index in [1.54, 1.807) is 0 Å². The molecule has 2 heterocycles. The van der Waals surface area contributed by atoms with Gasteiger partial charge in [0.1, 0.15) is 5.69 Å². The molecule has 4 nitrogen and oxygen atoms in total. The lowest BCUT2D eigenvalue weighted by Gasteiger charge is -2.49. The van der Waals surface area contributed by atoms with Gasteiger partial charge in [0.15, 0.2) is 0 Å². The Hall–Kier alpha value is -1.29. The Labute approximate surface area is 121 Å². The maximum absolute atomic E-state index is 13.0. The molecular weight excluding hydrogens is 250 g/mol. The molecule has 4 heteroatoms. The summed E-state index contributed by atoms with van der Waals surface area (Å²) in [7, 11) is 1.98. The molecular formula is C16H25N3O. The molecule has 0 radical (unpaired) electrons. The second kappa shape index (κ2) is 5.24. The Bertz CT molecular complexity index is 492. The molecule has 110 valence electrons. The van der Waals surface area contributed by atoms with Gasteiger partial charge in [-0.2, -0.15) is 0 Å². The highest BCUT2D eigenvalue weighted by Gasteiger charge is 2.42. The van der Waals surface area contributed by atoms with E-state index in [9.17, 15) is 4.79 Å². The van der Waals surface area contributed by atoms with Crippen LogP contribution in [-0.2, 0) is 7.05 Å². The predicted molar refractivity (Wildman–Crippen MR) is 79.9 cm³/mol. The fourth-order valence-corrected chi connectivity index (χ4v) is 3.78. The normalized spacial score (nSPS) is 22.2. The van der Waals surface area contributed by atoms with Gasteiger partial charge in [0.2, 0.25) is 0 Å². The molecule has 1 saturated carbocycles. The van der Waals surface area contributed by atoms with Gasteiger partial charge >= 0.3 is 0 Å². The number of rotatable bonds is 1. The average Bonchev–Trinajstić information content (AvgIpc) is 2.80. The van der Waals surface area contributed by atoms with Crippen molar-refractivity contribution in [3.05, 3.63) is 23.5 Å². The fraction of sp³-hybridized carbons (Fsp3) is 0.688. The number of hydrogen-bond acceptors (Lipinski definition) is 2. The van der Waals surface area contributed by atoms with Crippen LogP contribution in [0.25, 0.3) is 0 Å². The van der Waals surface area contributed by atoms with Crippen molar-refractivity contribution in [3.8, 4) is 0 Å². The van der Waals surface area contributed by atoms with Crippen LogP contribution in [0.15, 0.2) is 12.1 Å². The van der Waals surface area contributed by atoms with Gasteiger partial charge < -0.3 is 14.8 Å². The third-order valence-electron chi connectivity index (χ3n) is 5.16. The van der Waals surface area contributed by atoms with Crippen molar-refractivity contribution < 1.29 is 4.79 Å². The number of nitrogens with zero attached hydrogens (tertiary/aromatic N) is 2. The first-order valence-electron chi connectivity index (χ1n) is 7.79. The number of hydrogen-bond donors (Lipinski definition) is 1. The SMILES string of the molecule is Cc1ccc(C(=O)N2CCNCC23CCCCC3)n1C. The molecule has 3 rings (SSSR count). The van der Waals surface area contributed by atoms with E-state index in [1.807, 2.05) is 30.7 Å². The smallest absolute Gasteiger partial charge is 0.271 e. The van der Waals surface area contributed by atoms with Gasteiger partial charge in [0.25, 0.3) is 5.91 Å². The van der Waals surface area contributed by atoms with E-state index < -0.39 is 0 Å². The minimum absolute atomic E-state index is 0.0613. The summed E-state index contributed by atoms with van der Waals surface area (Å²) in [6.07, 6.45) is 6.10. The second-order valence-electron chi connectivity index (χ2n) is 6.34. The van der Waals surface area contributed by atoms with Gasteiger partial charge in [-0.25, -0.2) is 0 Å². The van der Waals surface area contributed by atoms with Gasteiger partial charge in [-0.1, -0.05) is 19.3 Å². The zero-order valence-corrected chi connectivity index (χ0v) is 12.6. The lowest BCUT2D eigenvalue weighted by molar-refractivity contribution is 0.0214. The highest BCUT2D eigenvalue weighted by atomic mass is 16.2. The molecule has 1 aliphatic carbocycles. The molecule has 2 fully saturated rings. The first kappa shape index (κ1) is 13.7. The highest BCUT2D eigenvalue weighted by Crippen LogP contribution is 2.35. The molecule has 1 spiro atoms. The van der Waals surface area contributed by atoms with Crippen molar-refractivity contribution in [1.29, 1.82) is 0 Å². The van der Waals surface area contributed by atoms with Crippen LogP contribution >= 0.6 is 0 Å². The monoisotopic (exact) mass is 275 g/mol. The van der Waals surface area contributed by atoms with Crippen molar-refractivity contribution >= 4 is 5.91 Å². The summed E-state index contributed by atoms with van der Waals surface area (Å²) in [5, 5.41) is 3.50. The van der Waals surface area contributed by atoms with Crippen LogP contribution in [0.2, 0.25) is 0 Å². The summed E-state index contributed by atoms with van der Waals surface area (Å²) in [6, 6.07) is 4.00. The van der Waals surface area contributed by atoms with Crippen LogP contribution in [0.1, 0.15) is 48.3 Å². The third-order valence-corrected chi connectivity index (χ3v) is 5.16. The van der Waals surface area contributed by atoms with Gasteiger partial charge in [-0.15, -0.1) is 0 Å². The van der Waals surface area contributed by atoms with Crippen LogP contribution in [0.5, 0.6) is 0 Å². The molecule has 0 atom stereocenters. The average molecular weight is 275 g/mol. The largest absolute Gasteiger partial charge is 0.344 e. The van der Waals surface area contributed by atoms with E-state index >= 15 is 0 Å². The Balaban J connectivity index is 1.89. The Morgan fingerprint density at radius 3 is 2.65 bits per heavy atom. The van der Waals surface area contributed by atoms with E-state index in [-0.39, 0.29) is 11.4 Å². The number of piperazine rings is 1. The number of nitrogens with one attached hydrogen (secondary N) is 1. The van der Waals surface area contributed by atoms with Gasteiger partial charge in [0.05, 0.1) is 5.54 Å². The van der Waals surface area contributed by atoms with Crippen molar-refractivity contribution in [3.63, 3.8) is 0 Å². The van der Waals surface area contributed by atoms with Crippen LogP contribution in [-0.4, -0.2) is 40.5 Å². The lowest BCUT2D eigenvalue weighted by Crippen LogP contribution is -2.63. The Kier molecular flexibility index (Phi) is 3.59. The topological polar surface area (TPSA) is 37.3 Å². The van der Waals surface area contributed by atoms with E-state index in [4.69, 9.17) is 0 Å². The summed E-state index contributed by atoms with van der Waals surface area (Å²) < 4.78 is 2.01. The summed E-state index contributed by atoms with van der Waals surface area (Å²) in [5.74, 6) is 0.212. The lowest BCUT2D eigenvalue weighted by atomic mass is 9.79. The molecule has 1 aromatic heterocycles. The summed E-state index contributed by atoms with van der Waals surface area (Å²) in [4.78, 5) is 15.1. The number of carbonyl (C=O) groups is 1. The van der Waals surface area contributed by atoms with Gasteiger partial charge in [0, 0.05) is 32.4 Å². The first-order valence-corrected chi connectivity index (χ1v) is 7.79. The van der Waals surface area contributed by atoms with Crippen LogP contribution in [0.4, 0.5) is 0 Å². The molecule has 0 unspecified atom stereocenters. The molecule has 20 heavy (non-hydrogen) atoms. The number of carbonyl (C=O) groups excluding carboxylic acids is 1. The Morgan fingerprint density at radius 2 is 2.00 bits per heavy atom. The standard InChI is InChI=1S/C16H25N3O/c1-13-6-7-14(18(13)2)15(20)19-11-10-17-12-16(19)8-4-3-5-9-16/h6-7,17H,3-5,8-12H2,1-2H3. The quantitative estimate of drug-likeness (QED) is 0.852. The molecule has 0 bridgehead atoms. The highest BCUT2D eigenvalue weighted by molar-refractivity contribution is 5.93. The fourth-order valence-electron chi connectivity index (χ4n) is 3.78. The van der Waals surface area contributed by atoms with E-state index in [0.717, 1.165) is 43.9 Å². The zero-order chi connectivity index (χ0) is 14.2. The molecule has 1 N–H and O–H groups in total. The minimum atomic E-state index is 0.0613. The van der Waals surface area contributed by atoms with Gasteiger partial charge in [-0.05, 0) is 31.9 Å². The van der Waals surface area contributed by atoms with Crippen molar-refractivity contribution in [1.82, 2.24) is 14.8 Å².